The largest absolute Gasteiger partial charge is 0.497 e. The number of nitrogens with one attached hydrogen (secondary N) is 1. The van der Waals surface area contributed by atoms with Crippen LogP contribution in [0.2, 0.25) is 0 Å². The predicted octanol–water partition coefficient (Wildman–Crippen LogP) is 1.93. The summed E-state index contributed by atoms with van der Waals surface area (Å²) in [6, 6.07) is 12.1. The Morgan fingerprint density at radius 2 is 1.88 bits per heavy atom. The van der Waals surface area contributed by atoms with E-state index in [4.69, 9.17) is 9.47 Å². The molecule has 0 saturated carbocycles. The molecule has 3 rings (SSSR count). The Bertz CT molecular complexity index is 831. The third kappa shape index (κ3) is 3.17. The van der Waals surface area contributed by atoms with Crippen molar-refractivity contribution in [3.63, 3.8) is 0 Å². The lowest BCUT2D eigenvalue weighted by atomic mass is 10.2. The summed E-state index contributed by atoms with van der Waals surface area (Å²) in [6.07, 6.45) is 1.48. The number of aromatic nitrogens is 4. The van der Waals surface area contributed by atoms with E-state index in [1.807, 2.05) is 0 Å². The maximum atomic E-state index is 12.4. The van der Waals surface area contributed by atoms with E-state index in [-0.39, 0.29) is 5.91 Å². The highest BCUT2D eigenvalue weighted by molar-refractivity contribution is 6.05. The summed E-state index contributed by atoms with van der Waals surface area (Å²) >= 11 is 0. The van der Waals surface area contributed by atoms with Gasteiger partial charge in [-0.1, -0.05) is 0 Å². The zero-order chi connectivity index (χ0) is 16.9. The van der Waals surface area contributed by atoms with Crippen LogP contribution in [0.3, 0.4) is 0 Å². The number of ether oxygens (including phenoxy) is 2. The molecule has 0 fully saturated rings. The number of anilines is 1. The normalized spacial score (nSPS) is 10.2. The summed E-state index contributed by atoms with van der Waals surface area (Å²) in [5, 5.41) is 13.8. The van der Waals surface area contributed by atoms with Crippen molar-refractivity contribution in [2.75, 3.05) is 19.5 Å². The minimum absolute atomic E-state index is 0.248. The quantitative estimate of drug-likeness (QED) is 0.771. The van der Waals surface area contributed by atoms with E-state index < -0.39 is 0 Å². The number of hydrogen-bond acceptors (Lipinski definition) is 6. The second-order valence-electron chi connectivity index (χ2n) is 4.82. The molecule has 24 heavy (non-hydrogen) atoms. The fourth-order valence-corrected chi connectivity index (χ4v) is 2.14. The number of tetrazole rings is 1. The van der Waals surface area contributed by atoms with Gasteiger partial charge in [0, 0.05) is 11.6 Å². The second kappa shape index (κ2) is 6.78. The number of hydrogen-bond donors (Lipinski definition) is 1. The molecule has 1 N–H and O–H groups in total. The maximum absolute atomic E-state index is 12.4. The molecule has 1 amide bonds. The van der Waals surface area contributed by atoms with Crippen molar-refractivity contribution in [1.29, 1.82) is 0 Å². The number of amides is 1. The molecule has 0 aliphatic carbocycles. The maximum Gasteiger partial charge on any atom is 0.255 e. The van der Waals surface area contributed by atoms with Gasteiger partial charge in [0.25, 0.3) is 5.91 Å². The molecule has 0 saturated heterocycles. The second-order valence-corrected chi connectivity index (χ2v) is 4.82. The summed E-state index contributed by atoms with van der Waals surface area (Å²) in [7, 11) is 3.10. The Morgan fingerprint density at radius 1 is 1.08 bits per heavy atom. The zero-order valence-corrected chi connectivity index (χ0v) is 13.1. The molecule has 3 aromatic rings. The molecule has 2 aromatic carbocycles. The number of methoxy groups -OCH3 is 2. The van der Waals surface area contributed by atoms with Crippen LogP contribution >= 0.6 is 0 Å². The number of carbonyl (C=O) groups excluding carboxylic acids is 1. The van der Waals surface area contributed by atoms with Gasteiger partial charge in [0.1, 0.15) is 17.8 Å². The van der Waals surface area contributed by atoms with E-state index in [9.17, 15) is 4.79 Å². The van der Waals surface area contributed by atoms with E-state index in [1.54, 1.807) is 49.6 Å². The Labute approximate surface area is 138 Å². The minimum Gasteiger partial charge on any atom is -0.497 e. The van der Waals surface area contributed by atoms with Crippen LogP contribution in [0, 0.1) is 0 Å². The van der Waals surface area contributed by atoms with Gasteiger partial charge in [0.2, 0.25) is 0 Å². The molecule has 0 aliphatic heterocycles. The van der Waals surface area contributed by atoms with Crippen LogP contribution in [-0.4, -0.2) is 40.3 Å². The van der Waals surface area contributed by atoms with Gasteiger partial charge in [-0.05, 0) is 46.8 Å². The molecule has 1 aromatic heterocycles. The Hall–Kier alpha value is -3.42. The van der Waals surface area contributed by atoms with Crippen molar-refractivity contribution in [2.45, 2.75) is 0 Å². The van der Waals surface area contributed by atoms with Gasteiger partial charge in [-0.3, -0.25) is 4.79 Å². The first-order valence-electron chi connectivity index (χ1n) is 7.08. The highest BCUT2D eigenvalue weighted by Crippen LogP contribution is 2.29. The molecular formula is C16H15N5O3. The SMILES string of the molecule is COc1ccc(NC(=O)c2ccc(-n3cnnn3)cc2)c(OC)c1. The van der Waals surface area contributed by atoms with Crippen LogP contribution in [0.4, 0.5) is 5.69 Å². The van der Waals surface area contributed by atoms with Crippen molar-refractivity contribution >= 4 is 11.6 Å². The average molecular weight is 325 g/mol. The molecule has 0 unspecified atom stereocenters. The monoisotopic (exact) mass is 325 g/mol. The van der Waals surface area contributed by atoms with Gasteiger partial charge in [0.15, 0.2) is 0 Å². The first kappa shape index (κ1) is 15.5. The molecule has 0 spiro atoms. The molecule has 0 atom stereocenters. The molecular weight excluding hydrogens is 310 g/mol. The van der Waals surface area contributed by atoms with Crippen LogP contribution in [-0.2, 0) is 0 Å². The van der Waals surface area contributed by atoms with Gasteiger partial charge in [-0.2, -0.15) is 0 Å². The first-order valence-corrected chi connectivity index (χ1v) is 7.08. The average Bonchev–Trinajstić information content (AvgIpc) is 3.16. The smallest absolute Gasteiger partial charge is 0.255 e. The first-order chi connectivity index (χ1) is 11.7. The lowest BCUT2D eigenvalue weighted by molar-refractivity contribution is 0.102. The summed E-state index contributed by atoms with van der Waals surface area (Å²) < 4.78 is 11.9. The third-order valence-electron chi connectivity index (χ3n) is 3.40. The fraction of sp³-hybridized carbons (Fsp3) is 0.125. The summed E-state index contributed by atoms with van der Waals surface area (Å²) in [5.41, 5.74) is 1.83. The lowest BCUT2D eigenvalue weighted by Gasteiger charge is -2.11. The molecule has 122 valence electrons. The van der Waals surface area contributed by atoms with Crippen LogP contribution in [0.5, 0.6) is 11.5 Å². The van der Waals surface area contributed by atoms with Gasteiger partial charge >= 0.3 is 0 Å². The zero-order valence-electron chi connectivity index (χ0n) is 13.1. The molecule has 8 nitrogen and oxygen atoms in total. The van der Waals surface area contributed by atoms with Crippen molar-refractivity contribution in [2.24, 2.45) is 0 Å². The van der Waals surface area contributed by atoms with Crippen molar-refractivity contribution in [3.05, 3.63) is 54.4 Å². The van der Waals surface area contributed by atoms with Crippen molar-refractivity contribution in [3.8, 4) is 17.2 Å². The van der Waals surface area contributed by atoms with Gasteiger partial charge < -0.3 is 14.8 Å². The Balaban J connectivity index is 1.77. The van der Waals surface area contributed by atoms with E-state index in [1.165, 1.54) is 18.1 Å². The van der Waals surface area contributed by atoms with Crippen LogP contribution < -0.4 is 14.8 Å². The Morgan fingerprint density at radius 3 is 2.50 bits per heavy atom. The van der Waals surface area contributed by atoms with E-state index in [2.05, 4.69) is 20.8 Å². The topological polar surface area (TPSA) is 91.2 Å². The molecule has 0 bridgehead atoms. The summed E-state index contributed by atoms with van der Waals surface area (Å²) in [5.74, 6) is 0.922. The van der Waals surface area contributed by atoms with E-state index in [0.717, 1.165) is 5.69 Å². The fourth-order valence-electron chi connectivity index (χ4n) is 2.14. The third-order valence-corrected chi connectivity index (χ3v) is 3.40. The lowest BCUT2D eigenvalue weighted by Crippen LogP contribution is -2.12. The minimum atomic E-state index is -0.248. The summed E-state index contributed by atoms with van der Waals surface area (Å²) in [6.45, 7) is 0. The van der Waals surface area contributed by atoms with Gasteiger partial charge in [-0.25, -0.2) is 4.68 Å². The highest BCUT2D eigenvalue weighted by Gasteiger charge is 2.11. The summed E-state index contributed by atoms with van der Waals surface area (Å²) in [4.78, 5) is 12.4. The molecule has 0 radical (unpaired) electrons. The number of nitrogens with zero attached hydrogens (tertiary/aromatic N) is 4. The highest BCUT2D eigenvalue weighted by atomic mass is 16.5. The molecule has 8 heteroatoms. The number of carbonyl (C=O) groups is 1. The Kier molecular flexibility index (Phi) is 4.37. The van der Waals surface area contributed by atoms with Crippen molar-refractivity contribution in [1.82, 2.24) is 20.2 Å². The van der Waals surface area contributed by atoms with E-state index >= 15 is 0 Å². The standard InChI is InChI=1S/C16H15N5O3/c1-23-13-7-8-14(15(9-13)24-2)18-16(22)11-3-5-12(6-4-11)21-10-17-19-20-21/h3-10H,1-2H3,(H,18,22). The van der Waals surface area contributed by atoms with Crippen molar-refractivity contribution < 1.29 is 14.3 Å². The number of rotatable bonds is 5. The van der Waals surface area contributed by atoms with Crippen LogP contribution in [0.1, 0.15) is 10.4 Å². The van der Waals surface area contributed by atoms with Crippen LogP contribution in [0.15, 0.2) is 48.8 Å². The van der Waals surface area contributed by atoms with E-state index in [0.29, 0.717) is 22.7 Å². The number of benzene rings is 2. The van der Waals surface area contributed by atoms with Gasteiger partial charge in [0.05, 0.1) is 25.6 Å². The molecule has 1 heterocycles. The van der Waals surface area contributed by atoms with Crippen LogP contribution in [0.25, 0.3) is 5.69 Å². The molecule has 0 aliphatic rings. The van der Waals surface area contributed by atoms with Gasteiger partial charge in [-0.15, -0.1) is 5.10 Å². The predicted molar refractivity (Wildman–Crippen MR) is 86.7 cm³/mol.